The van der Waals surface area contributed by atoms with Gasteiger partial charge >= 0.3 is 0 Å². The minimum atomic E-state index is 0.590. The minimum absolute atomic E-state index is 0.590. The van der Waals surface area contributed by atoms with Gasteiger partial charge in [0.05, 0.1) is 6.20 Å². The standard InChI is InChI=1S/C13H22ClN3/c1-11(2)7-5-3-4-6-8-16-13-12(14)9-15-10-17-13/h9-11H,3-8H2,1-2H3,(H,15,16,17). The molecule has 0 unspecified atom stereocenters. The molecular formula is C13H22ClN3. The fourth-order valence-electron chi connectivity index (χ4n) is 1.68. The predicted octanol–water partition coefficient (Wildman–Crippen LogP) is 4.15. The molecule has 0 amide bonds. The van der Waals surface area contributed by atoms with Crippen molar-refractivity contribution in [1.82, 2.24) is 9.97 Å². The number of anilines is 1. The molecular weight excluding hydrogens is 234 g/mol. The highest BCUT2D eigenvalue weighted by atomic mass is 35.5. The number of aromatic nitrogens is 2. The first-order valence-corrected chi connectivity index (χ1v) is 6.77. The van der Waals surface area contributed by atoms with E-state index in [1.54, 1.807) is 6.20 Å². The molecule has 0 aliphatic carbocycles. The normalized spacial score (nSPS) is 10.8. The van der Waals surface area contributed by atoms with E-state index in [1.807, 2.05) is 0 Å². The number of halogens is 1. The van der Waals surface area contributed by atoms with Crippen LogP contribution in [0.1, 0.15) is 46.0 Å². The molecule has 96 valence electrons. The SMILES string of the molecule is CC(C)CCCCCCNc1ncncc1Cl. The molecule has 0 radical (unpaired) electrons. The summed E-state index contributed by atoms with van der Waals surface area (Å²) >= 11 is 5.93. The van der Waals surface area contributed by atoms with E-state index in [2.05, 4.69) is 29.1 Å². The largest absolute Gasteiger partial charge is 0.369 e. The summed E-state index contributed by atoms with van der Waals surface area (Å²) in [5, 5.41) is 3.82. The van der Waals surface area contributed by atoms with E-state index in [-0.39, 0.29) is 0 Å². The van der Waals surface area contributed by atoms with E-state index in [1.165, 1.54) is 38.4 Å². The maximum atomic E-state index is 5.93. The highest BCUT2D eigenvalue weighted by Gasteiger charge is 1.99. The molecule has 0 fully saturated rings. The Kier molecular flexibility index (Phi) is 6.94. The number of nitrogens with one attached hydrogen (secondary N) is 1. The van der Waals surface area contributed by atoms with Crippen LogP contribution in [-0.4, -0.2) is 16.5 Å². The third kappa shape index (κ3) is 6.47. The van der Waals surface area contributed by atoms with Crippen LogP contribution >= 0.6 is 11.6 Å². The van der Waals surface area contributed by atoms with Gasteiger partial charge in [-0.05, 0) is 12.3 Å². The Morgan fingerprint density at radius 1 is 1.24 bits per heavy atom. The average Bonchev–Trinajstić information content (AvgIpc) is 2.30. The molecule has 1 heterocycles. The van der Waals surface area contributed by atoms with E-state index < -0.39 is 0 Å². The Morgan fingerprint density at radius 3 is 2.71 bits per heavy atom. The Morgan fingerprint density at radius 2 is 2.00 bits per heavy atom. The second-order valence-electron chi connectivity index (χ2n) is 4.74. The van der Waals surface area contributed by atoms with Gasteiger partial charge in [-0.25, -0.2) is 9.97 Å². The van der Waals surface area contributed by atoms with Gasteiger partial charge in [-0.15, -0.1) is 0 Å². The van der Waals surface area contributed by atoms with Crippen molar-refractivity contribution in [3.8, 4) is 0 Å². The van der Waals surface area contributed by atoms with E-state index in [4.69, 9.17) is 11.6 Å². The van der Waals surface area contributed by atoms with Crippen LogP contribution in [0.15, 0.2) is 12.5 Å². The maximum Gasteiger partial charge on any atom is 0.148 e. The molecule has 1 N–H and O–H groups in total. The Bertz CT molecular complexity index is 315. The summed E-state index contributed by atoms with van der Waals surface area (Å²) in [6.45, 7) is 5.48. The van der Waals surface area contributed by atoms with E-state index in [9.17, 15) is 0 Å². The van der Waals surface area contributed by atoms with Gasteiger partial charge in [-0.1, -0.05) is 51.1 Å². The van der Waals surface area contributed by atoms with Crippen molar-refractivity contribution < 1.29 is 0 Å². The first-order chi connectivity index (χ1) is 8.20. The summed E-state index contributed by atoms with van der Waals surface area (Å²) in [4.78, 5) is 7.93. The zero-order chi connectivity index (χ0) is 12.5. The number of nitrogens with zero attached hydrogens (tertiary/aromatic N) is 2. The third-order valence-electron chi connectivity index (χ3n) is 2.67. The minimum Gasteiger partial charge on any atom is -0.369 e. The molecule has 1 aromatic heterocycles. The number of hydrogen-bond acceptors (Lipinski definition) is 3. The molecule has 0 atom stereocenters. The summed E-state index contributed by atoms with van der Waals surface area (Å²) < 4.78 is 0. The van der Waals surface area contributed by atoms with Gasteiger partial charge in [-0.2, -0.15) is 0 Å². The van der Waals surface area contributed by atoms with Crippen LogP contribution in [0.5, 0.6) is 0 Å². The summed E-state index contributed by atoms with van der Waals surface area (Å²) in [6.07, 6.45) is 9.55. The molecule has 0 bridgehead atoms. The lowest BCUT2D eigenvalue weighted by Crippen LogP contribution is -2.04. The lowest BCUT2D eigenvalue weighted by molar-refractivity contribution is 0.523. The van der Waals surface area contributed by atoms with Crippen molar-refractivity contribution in [1.29, 1.82) is 0 Å². The van der Waals surface area contributed by atoms with E-state index >= 15 is 0 Å². The smallest absolute Gasteiger partial charge is 0.148 e. The molecule has 3 nitrogen and oxygen atoms in total. The van der Waals surface area contributed by atoms with Crippen LogP contribution in [0, 0.1) is 5.92 Å². The van der Waals surface area contributed by atoms with Crippen molar-refractivity contribution in [3.05, 3.63) is 17.5 Å². The zero-order valence-corrected chi connectivity index (χ0v) is 11.5. The molecule has 1 rings (SSSR count). The fraction of sp³-hybridized carbons (Fsp3) is 0.692. The van der Waals surface area contributed by atoms with E-state index in [0.29, 0.717) is 5.02 Å². The van der Waals surface area contributed by atoms with Crippen molar-refractivity contribution in [2.75, 3.05) is 11.9 Å². The molecule has 0 saturated heterocycles. The van der Waals surface area contributed by atoms with Crippen LogP contribution in [0.25, 0.3) is 0 Å². The summed E-state index contributed by atoms with van der Waals surface area (Å²) in [7, 11) is 0. The topological polar surface area (TPSA) is 37.8 Å². The van der Waals surface area contributed by atoms with E-state index in [0.717, 1.165) is 18.3 Å². The van der Waals surface area contributed by atoms with Crippen molar-refractivity contribution >= 4 is 17.4 Å². The van der Waals surface area contributed by atoms with Crippen LogP contribution in [0.4, 0.5) is 5.82 Å². The lowest BCUT2D eigenvalue weighted by atomic mass is 10.0. The second kappa shape index (κ2) is 8.29. The van der Waals surface area contributed by atoms with Crippen molar-refractivity contribution in [2.45, 2.75) is 46.0 Å². The van der Waals surface area contributed by atoms with Crippen molar-refractivity contribution in [2.24, 2.45) is 5.92 Å². The fourth-order valence-corrected chi connectivity index (χ4v) is 1.85. The van der Waals surface area contributed by atoms with Gasteiger partial charge < -0.3 is 5.32 Å². The summed E-state index contributed by atoms with van der Waals surface area (Å²) in [5.41, 5.74) is 0. The monoisotopic (exact) mass is 255 g/mol. The molecule has 4 heteroatoms. The van der Waals surface area contributed by atoms with Gasteiger partial charge in [0.25, 0.3) is 0 Å². The number of hydrogen-bond donors (Lipinski definition) is 1. The summed E-state index contributed by atoms with van der Waals surface area (Å²) in [5.74, 6) is 1.57. The molecule has 0 saturated carbocycles. The first kappa shape index (κ1) is 14.2. The van der Waals surface area contributed by atoms with Crippen LogP contribution in [0.2, 0.25) is 5.02 Å². The molecule has 0 aliphatic heterocycles. The molecule has 1 aromatic rings. The predicted molar refractivity (Wildman–Crippen MR) is 73.5 cm³/mol. The first-order valence-electron chi connectivity index (χ1n) is 6.39. The average molecular weight is 256 g/mol. The third-order valence-corrected chi connectivity index (χ3v) is 2.94. The molecule has 0 aromatic carbocycles. The van der Waals surface area contributed by atoms with Crippen LogP contribution < -0.4 is 5.32 Å². The summed E-state index contributed by atoms with van der Waals surface area (Å²) in [6, 6.07) is 0. The molecule has 0 aliphatic rings. The Hall–Kier alpha value is -0.830. The van der Waals surface area contributed by atoms with Crippen LogP contribution in [0.3, 0.4) is 0 Å². The van der Waals surface area contributed by atoms with Gasteiger partial charge in [0, 0.05) is 6.54 Å². The van der Waals surface area contributed by atoms with Gasteiger partial charge in [0.1, 0.15) is 17.2 Å². The number of rotatable bonds is 8. The molecule has 17 heavy (non-hydrogen) atoms. The quantitative estimate of drug-likeness (QED) is 0.709. The highest BCUT2D eigenvalue weighted by molar-refractivity contribution is 6.32. The lowest BCUT2D eigenvalue weighted by Gasteiger charge is -2.07. The Balaban J connectivity index is 2.03. The molecule has 0 spiro atoms. The van der Waals surface area contributed by atoms with Gasteiger partial charge in [0.2, 0.25) is 0 Å². The van der Waals surface area contributed by atoms with Gasteiger partial charge in [0.15, 0.2) is 0 Å². The zero-order valence-electron chi connectivity index (χ0n) is 10.7. The van der Waals surface area contributed by atoms with Crippen molar-refractivity contribution in [3.63, 3.8) is 0 Å². The highest BCUT2D eigenvalue weighted by Crippen LogP contribution is 2.16. The Labute approximate surface area is 109 Å². The second-order valence-corrected chi connectivity index (χ2v) is 5.15. The number of unbranched alkanes of at least 4 members (excludes halogenated alkanes) is 3. The van der Waals surface area contributed by atoms with Crippen LogP contribution in [-0.2, 0) is 0 Å². The van der Waals surface area contributed by atoms with Gasteiger partial charge in [-0.3, -0.25) is 0 Å². The maximum absolute atomic E-state index is 5.93.